The summed E-state index contributed by atoms with van der Waals surface area (Å²) in [5.74, 6) is 0. The van der Waals surface area contributed by atoms with Gasteiger partial charge in [-0.15, -0.1) is 0 Å². The fourth-order valence-corrected chi connectivity index (χ4v) is 2.62. The lowest BCUT2D eigenvalue weighted by atomic mass is 10.2. The van der Waals surface area contributed by atoms with Crippen LogP contribution in [0.15, 0.2) is 0 Å². The molecular formula is C10H22NO5P. The van der Waals surface area contributed by atoms with Crippen molar-refractivity contribution in [3.05, 3.63) is 0 Å². The third kappa shape index (κ3) is 6.50. The number of nitrogens with zero attached hydrogens (tertiary/aromatic N) is 1. The lowest BCUT2D eigenvalue weighted by Gasteiger charge is -2.28. The fourth-order valence-electron chi connectivity index (χ4n) is 2.30. The lowest BCUT2D eigenvalue weighted by molar-refractivity contribution is 0.127. The first-order valence-electron chi connectivity index (χ1n) is 6.08. The van der Waals surface area contributed by atoms with Crippen molar-refractivity contribution in [3.8, 4) is 0 Å². The average Bonchev–Trinajstić information content (AvgIpc) is 2.74. The Labute approximate surface area is 102 Å². The van der Waals surface area contributed by atoms with Crippen LogP contribution in [0.25, 0.3) is 0 Å². The monoisotopic (exact) mass is 267 g/mol. The first-order valence-corrected chi connectivity index (χ1v) is 7.61. The Kier molecular flexibility index (Phi) is 6.62. The van der Waals surface area contributed by atoms with Crippen LogP contribution in [-0.2, 0) is 9.09 Å². The van der Waals surface area contributed by atoms with Gasteiger partial charge >= 0.3 is 7.82 Å². The highest BCUT2D eigenvalue weighted by molar-refractivity contribution is 7.46. The van der Waals surface area contributed by atoms with Crippen molar-refractivity contribution in [2.45, 2.75) is 38.1 Å². The largest absolute Gasteiger partial charge is 0.469 e. The summed E-state index contributed by atoms with van der Waals surface area (Å²) >= 11 is 0. The van der Waals surface area contributed by atoms with E-state index in [0.717, 1.165) is 19.4 Å². The molecule has 0 spiro atoms. The zero-order valence-corrected chi connectivity index (χ0v) is 10.9. The lowest BCUT2D eigenvalue weighted by Crippen LogP contribution is -2.37. The van der Waals surface area contributed by atoms with Crippen molar-refractivity contribution in [2.75, 3.05) is 26.3 Å². The third-order valence-corrected chi connectivity index (χ3v) is 3.60. The quantitative estimate of drug-likeness (QED) is 0.561. The van der Waals surface area contributed by atoms with Gasteiger partial charge in [0, 0.05) is 25.7 Å². The van der Waals surface area contributed by atoms with Gasteiger partial charge in [0.05, 0.1) is 6.61 Å². The fraction of sp³-hybridized carbons (Fsp3) is 1.00. The van der Waals surface area contributed by atoms with E-state index in [4.69, 9.17) is 14.9 Å². The molecular weight excluding hydrogens is 245 g/mol. The Morgan fingerprint density at radius 3 is 2.41 bits per heavy atom. The minimum absolute atomic E-state index is 0.0339. The predicted molar refractivity (Wildman–Crippen MR) is 63.5 cm³/mol. The van der Waals surface area contributed by atoms with Crippen LogP contribution in [0.3, 0.4) is 0 Å². The first-order chi connectivity index (χ1) is 8.03. The number of hydrogen-bond donors (Lipinski definition) is 3. The summed E-state index contributed by atoms with van der Waals surface area (Å²) in [7, 11) is -4.36. The van der Waals surface area contributed by atoms with Crippen LogP contribution in [0.1, 0.15) is 32.1 Å². The second-order valence-electron chi connectivity index (χ2n) is 4.38. The van der Waals surface area contributed by atoms with Gasteiger partial charge < -0.3 is 14.9 Å². The molecule has 3 N–H and O–H groups in total. The summed E-state index contributed by atoms with van der Waals surface area (Å²) in [6.45, 7) is 1.44. The Balaban J connectivity index is 2.32. The molecule has 0 radical (unpaired) electrons. The molecule has 1 aliphatic carbocycles. The average molecular weight is 267 g/mol. The number of hydrogen-bond acceptors (Lipinski definition) is 4. The van der Waals surface area contributed by atoms with E-state index in [1.165, 1.54) is 12.8 Å². The van der Waals surface area contributed by atoms with E-state index in [-0.39, 0.29) is 13.2 Å². The summed E-state index contributed by atoms with van der Waals surface area (Å²) in [6.07, 6.45) is 5.36. The van der Waals surface area contributed by atoms with E-state index in [1.807, 2.05) is 0 Å². The van der Waals surface area contributed by atoms with Gasteiger partial charge in [-0.1, -0.05) is 12.8 Å². The van der Waals surface area contributed by atoms with E-state index in [1.54, 1.807) is 0 Å². The second kappa shape index (κ2) is 7.46. The van der Waals surface area contributed by atoms with E-state index < -0.39 is 7.82 Å². The van der Waals surface area contributed by atoms with Crippen molar-refractivity contribution >= 4 is 7.82 Å². The SMILES string of the molecule is O=P(O)(O)OCCN(CCCO)C1CCCC1. The molecule has 0 saturated heterocycles. The zero-order valence-electron chi connectivity index (χ0n) is 9.99. The van der Waals surface area contributed by atoms with Gasteiger partial charge in [-0.25, -0.2) is 4.57 Å². The van der Waals surface area contributed by atoms with Gasteiger partial charge in [0.15, 0.2) is 0 Å². The molecule has 0 heterocycles. The molecule has 7 heteroatoms. The molecule has 0 aromatic heterocycles. The van der Waals surface area contributed by atoms with E-state index >= 15 is 0 Å². The molecule has 0 aromatic carbocycles. The van der Waals surface area contributed by atoms with Crippen LogP contribution in [0.4, 0.5) is 0 Å². The smallest absolute Gasteiger partial charge is 0.396 e. The van der Waals surface area contributed by atoms with Gasteiger partial charge in [-0.2, -0.15) is 0 Å². The van der Waals surface area contributed by atoms with Crippen LogP contribution in [0.2, 0.25) is 0 Å². The number of aliphatic hydroxyl groups excluding tert-OH is 1. The van der Waals surface area contributed by atoms with E-state index in [0.29, 0.717) is 19.0 Å². The molecule has 0 atom stereocenters. The maximum atomic E-state index is 10.6. The molecule has 1 aliphatic rings. The van der Waals surface area contributed by atoms with Gasteiger partial charge in [-0.05, 0) is 19.3 Å². The number of aliphatic hydroxyl groups is 1. The molecule has 0 aliphatic heterocycles. The zero-order chi connectivity index (χ0) is 12.7. The summed E-state index contributed by atoms with van der Waals surface area (Å²) < 4.78 is 15.0. The second-order valence-corrected chi connectivity index (χ2v) is 5.61. The van der Waals surface area contributed by atoms with Crippen LogP contribution in [0.5, 0.6) is 0 Å². The summed E-state index contributed by atoms with van der Waals surface area (Å²) in [5, 5.41) is 8.83. The highest BCUT2D eigenvalue weighted by Crippen LogP contribution is 2.35. The van der Waals surface area contributed by atoms with Gasteiger partial charge in [0.1, 0.15) is 0 Å². The van der Waals surface area contributed by atoms with Crippen molar-refractivity contribution in [1.29, 1.82) is 0 Å². The summed E-state index contributed by atoms with van der Waals surface area (Å²) in [5.41, 5.74) is 0. The number of rotatable bonds is 8. The first kappa shape index (κ1) is 15.1. The van der Waals surface area contributed by atoms with Crippen LogP contribution >= 0.6 is 7.82 Å². The molecule has 0 amide bonds. The van der Waals surface area contributed by atoms with Crippen molar-refractivity contribution in [1.82, 2.24) is 4.90 Å². The summed E-state index contributed by atoms with van der Waals surface area (Å²) in [4.78, 5) is 19.4. The summed E-state index contributed by atoms with van der Waals surface area (Å²) in [6, 6.07) is 0.474. The van der Waals surface area contributed by atoms with Crippen LogP contribution in [-0.4, -0.2) is 52.1 Å². The number of phosphoric acid groups is 1. The molecule has 17 heavy (non-hydrogen) atoms. The molecule has 102 valence electrons. The Morgan fingerprint density at radius 2 is 1.88 bits per heavy atom. The molecule has 0 aromatic rings. The standard InChI is InChI=1S/C10H22NO5P/c12-8-3-6-11(10-4-1-2-5-10)7-9-16-17(13,14)15/h10,12H,1-9H2,(H2,13,14,15). The molecule has 0 unspecified atom stereocenters. The van der Waals surface area contributed by atoms with Crippen LogP contribution < -0.4 is 0 Å². The Morgan fingerprint density at radius 1 is 1.24 bits per heavy atom. The Hall–Kier alpha value is 0.0300. The predicted octanol–water partition coefficient (Wildman–Crippen LogP) is 0.723. The van der Waals surface area contributed by atoms with Gasteiger partial charge in [0.25, 0.3) is 0 Å². The van der Waals surface area contributed by atoms with Crippen molar-refractivity contribution in [2.24, 2.45) is 0 Å². The molecule has 6 nitrogen and oxygen atoms in total. The minimum atomic E-state index is -4.36. The van der Waals surface area contributed by atoms with Crippen LogP contribution in [0, 0.1) is 0 Å². The van der Waals surface area contributed by atoms with E-state index in [2.05, 4.69) is 9.42 Å². The van der Waals surface area contributed by atoms with E-state index in [9.17, 15) is 4.57 Å². The molecule has 0 bridgehead atoms. The third-order valence-electron chi connectivity index (χ3n) is 3.08. The number of phosphoric ester groups is 1. The molecule has 1 fully saturated rings. The van der Waals surface area contributed by atoms with Crippen molar-refractivity contribution < 1.29 is 24.0 Å². The maximum Gasteiger partial charge on any atom is 0.469 e. The minimum Gasteiger partial charge on any atom is -0.396 e. The van der Waals surface area contributed by atoms with Crippen molar-refractivity contribution in [3.63, 3.8) is 0 Å². The normalized spacial score (nSPS) is 18.1. The highest BCUT2D eigenvalue weighted by atomic mass is 31.2. The molecule has 1 saturated carbocycles. The van der Waals surface area contributed by atoms with Gasteiger partial charge in [0.2, 0.25) is 0 Å². The Bertz CT molecular complexity index is 251. The maximum absolute atomic E-state index is 10.6. The van der Waals surface area contributed by atoms with Gasteiger partial charge in [-0.3, -0.25) is 9.42 Å². The topological polar surface area (TPSA) is 90.2 Å². The highest BCUT2D eigenvalue weighted by Gasteiger charge is 2.23. The molecule has 1 rings (SSSR count).